The first-order chi connectivity index (χ1) is 6.61. The van der Waals surface area contributed by atoms with Crippen molar-refractivity contribution in [3.63, 3.8) is 0 Å². The molecule has 0 spiro atoms. The van der Waals surface area contributed by atoms with E-state index in [0.29, 0.717) is 12.0 Å². The van der Waals surface area contributed by atoms with Crippen molar-refractivity contribution in [3.8, 4) is 6.07 Å². The molecular weight excluding hydrogens is 185 g/mol. The molecule has 0 atom stereocenters. The number of hydrogen-bond donors (Lipinski definition) is 1. The standard InChI is InChI=1S/C10H8FNO2/c1-2-6-3-4-7(5-12)8(9(6)11)10(13)14/h3-4H,2H2,1H3,(H,13,14). The van der Waals surface area contributed by atoms with Crippen molar-refractivity contribution in [2.75, 3.05) is 0 Å². The maximum Gasteiger partial charge on any atom is 0.340 e. The average molecular weight is 193 g/mol. The minimum Gasteiger partial charge on any atom is -0.478 e. The zero-order valence-corrected chi connectivity index (χ0v) is 7.54. The van der Waals surface area contributed by atoms with Gasteiger partial charge in [-0.2, -0.15) is 5.26 Å². The third-order valence-corrected chi connectivity index (χ3v) is 1.94. The van der Waals surface area contributed by atoms with Crippen molar-refractivity contribution < 1.29 is 14.3 Å². The molecule has 0 saturated heterocycles. The van der Waals surface area contributed by atoms with Gasteiger partial charge >= 0.3 is 5.97 Å². The molecule has 0 amide bonds. The minimum absolute atomic E-state index is 0.146. The smallest absolute Gasteiger partial charge is 0.340 e. The van der Waals surface area contributed by atoms with E-state index in [9.17, 15) is 9.18 Å². The van der Waals surface area contributed by atoms with Crippen LogP contribution >= 0.6 is 0 Å². The molecule has 14 heavy (non-hydrogen) atoms. The van der Waals surface area contributed by atoms with Gasteiger partial charge in [0, 0.05) is 0 Å². The Labute approximate surface area is 80.4 Å². The molecule has 3 nitrogen and oxygen atoms in total. The highest BCUT2D eigenvalue weighted by Gasteiger charge is 2.18. The van der Waals surface area contributed by atoms with Crippen LogP contribution in [0.5, 0.6) is 0 Å². The molecule has 1 N–H and O–H groups in total. The Bertz CT molecular complexity index is 421. The van der Waals surface area contributed by atoms with Crippen molar-refractivity contribution in [2.24, 2.45) is 0 Å². The van der Waals surface area contributed by atoms with Gasteiger partial charge in [-0.15, -0.1) is 0 Å². The van der Waals surface area contributed by atoms with Gasteiger partial charge in [-0.25, -0.2) is 9.18 Å². The molecular formula is C10H8FNO2. The molecule has 0 unspecified atom stereocenters. The summed E-state index contributed by atoms with van der Waals surface area (Å²) in [5, 5.41) is 17.3. The first-order valence-electron chi connectivity index (χ1n) is 4.06. The molecule has 0 heterocycles. The molecule has 0 bridgehead atoms. The minimum atomic E-state index is -1.41. The van der Waals surface area contributed by atoms with Crippen LogP contribution in [-0.2, 0) is 6.42 Å². The van der Waals surface area contributed by atoms with E-state index in [1.165, 1.54) is 12.1 Å². The Morgan fingerprint density at radius 2 is 2.29 bits per heavy atom. The summed E-state index contributed by atoms with van der Waals surface area (Å²) >= 11 is 0. The SMILES string of the molecule is CCc1ccc(C#N)c(C(=O)O)c1F. The van der Waals surface area contributed by atoms with Gasteiger partial charge in [0.2, 0.25) is 0 Å². The number of rotatable bonds is 2. The van der Waals surface area contributed by atoms with Crippen LogP contribution in [0.3, 0.4) is 0 Å². The fraction of sp³-hybridized carbons (Fsp3) is 0.200. The second kappa shape index (κ2) is 3.88. The van der Waals surface area contributed by atoms with E-state index in [-0.39, 0.29) is 5.56 Å². The summed E-state index contributed by atoms with van der Waals surface area (Å²) in [6.07, 6.45) is 0.401. The molecule has 0 aromatic heterocycles. The summed E-state index contributed by atoms with van der Waals surface area (Å²) in [5.74, 6) is -2.21. The highest BCUT2D eigenvalue weighted by Crippen LogP contribution is 2.17. The number of carboxylic acid groups (broad SMARTS) is 1. The number of aryl methyl sites for hydroxylation is 1. The summed E-state index contributed by atoms with van der Waals surface area (Å²) < 4.78 is 13.4. The predicted molar refractivity (Wildman–Crippen MR) is 47.5 cm³/mol. The van der Waals surface area contributed by atoms with E-state index in [4.69, 9.17) is 10.4 Å². The number of nitrogens with zero attached hydrogens (tertiary/aromatic N) is 1. The van der Waals surface area contributed by atoms with E-state index in [2.05, 4.69) is 0 Å². The molecule has 4 heteroatoms. The number of carbonyl (C=O) groups is 1. The van der Waals surface area contributed by atoms with Crippen LogP contribution in [0.4, 0.5) is 4.39 Å². The molecule has 0 radical (unpaired) electrons. The zero-order chi connectivity index (χ0) is 10.7. The van der Waals surface area contributed by atoms with Gasteiger partial charge in [-0.1, -0.05) is 13.0 Å². The van der Waals surface area contributed by atoms with E-state index < -0.39 is 17.3 Å². The van der Waals surface area contributed by atoms with Crippen LogP contribution in [0.1, 0.15) is 28.4 Å². The Balaban J connectivity index is 3.49. The first kappa shape index (κ1) is 10.2. The molecule has 0 aliphatic rings. The first-order valence-corrected chi connectivity index (χ1v) is 4.06. The normalized spacial score (nSPS) is 9.50. The molecule has 0 fully saturated rings. The van der Waals surface area contributed by atoms with Crippen molar-refractivity contribution in [1.29, 1.82) is 5.26 Å². The Kier molecular flexibility index (Phi) is 2.82. The van der Waals surface area contributed by atoms with E-state index >= 15 is 0 Å². The van der Waals surface area contributed by atoms with Crippen molar-refractivity contribution in [2.45, 2.75) is 13.3 Å². The third-order valence-electron chi connectivity index (χ3n) is 1.94. The van der Waals surface area contributed by atoms with E-state index in [1.807, 2.05) is 0 Å². The Morgan fingerprint density at radius 1 is 1.64 bits per heavy atom. The molecule has 0 aliphatic heterocycles. The van der Waals surface area contributed by atoms with Gasteiger partial charge in [0.1, 0.15) is 17.4 Å². The fourth-order valence-corrected chi connectivity index (χ4v) is 1.19. The van der Waals surface area contributed by atoms with Crippen molar-refractivity contribution in [3.05, 3.63) is 34.6 Å². The van der Waals surface area contributed by atoms with Gasteiger partial charge in [-0.3, -0.25) is 0 Å². The van der Waals surface area contributed by atoms with Crippen molar-refractivity contribution >= 4 is 5.97 Å². The lowest BCUT2D eigenvalue weighted by molar-refractivity contribution is 0.0691. The van der Waals surface area contributed by atoms with E-state index in [1.54, 1.807) is 13.0 Å². The number of benzene rings is 1. The second-order valence-corrected chi connectivity index (χ2v) is 2.73. The van der Waals surface area contributed by atoms with Gasteiger partial charge in [0.25, 0.3) is 0 Å². The fourth-order valence-electron chi connectivity index (χ4n) is 1.19. The monoisotopic (exact) mass is 193 g/mol. The highest BCUT2D eigenvalue weighted by atomic mass is 19.1. The lowest BCUT2D eigenvalue weighted by Gasteiger charge is -2.04. The van der Waals surface area contributed by atoms with Crippen LogP contribution < -0.4 is 0 Å². The summed E-state index contributed by atoms with van der Waals surface area (Å²) in [6.45, 7) is 1.72. The maximum absolute atomic E-state index is 13.4. The summed E-state index contributed by atoms with van der Waals surface area (Å²) in [6, 6.07) is 4.40. The topological polar surface area (TPSA) is 61.1 Å². The zero-order valence-electron chi connectivity index (χ0n) is 7.54. The van der Waals surface area contributed by atoms with Gasteiger partial charge in [0.05, 0.1) is 5.56 Å². The molecule has 0 saturated carbocycles. The number of aromatic carboxylic acids is 1. The lowest BCUT2D eigenvalue weighted by Crippen LogP contribution is -2.06. The largest absolute Gasteiger partial charge is 0.478 e. The van der Waals surface area contributed by atoms with Crippen LogP contribution in [0.25, 0.3) is 0 Å². The van der Waals surface area contributed by atoms with Gasteiger partial charge in [0.15, 0.2) is 0 Å². The third kappa shape index (κ3) is 1.57. The van der Waals surface area contributed by atoms with Crippen LogP contribution in [-0.4, -0.2) is 11.1 Å². The molecule has 1 aromatic rings. The number of nitriles is 1. The number of hydrogen-bond acceptors (Lipinski definition) is 2. The van der Waals surface area contributed by atoms with Crippen LogP contribution in [0.15, 0.2) is 12.1 Å². The quantitative estimate of drug-likeness (QED) is 0.780. The lowest BCUT2D eigenvalue weighted by atomic mass is 10.0. The summed E-state index contributed by atoms with van der Waals surface area (Å²) in [4.78, 5) is 10.7. The Morgan fingerprint density at radius 3 is 2.71 bits per heavy atom. The van der Waals surface area contributed by atoms with Gasteiger partial charge < -0.3 is 5.11 Å². The number of carboxylic acids is 1. The number of halogens is 1. The molecule has 1 aromatic carbocycles. The Hall–Kier alpha value is -1.89. The predicted octanol–water partition coefficient (Wildman–Crippen LogP) is 1.96. The van der Waals surface area contributed by atoms with Gasteiger partial charge in [-0.05, 0) is 18.1 Å². The van der Waals surface area contributed by atoms with E-state index in [0.717, 1.165) is 0 Å². The highest BCUT2D eigenvalue weighted by molar-refractivity contribution is 5.91. The maximum atomic E-state index is 13.4. The second-order valence-electron chi connectivity index (χ2n) is 2.73. The van der Waals surface area contributed by atoms with Crippen molar-refractivity contribution in [1.82, 2.24) is 0 Å². The summed E-state index contributed by atoms with van der Waals surface area (Å²) in [7, 11) is 0. The average Bonchev–Trinajstić information content (AvgIpc) is 2.16. The molecule has 72 valence electrons. The summed E-state index contributed by atoms with van der Waals surface area (Å²) in [5.41, 5.74) is -0.375. The van der Waals surface area contributed by atoms with Crippen LogP contribution in [0, 0.1) is 17.1 Å². The molecule has 1 rings (SSSR count). The molecule has 0 aliphatic carbocycles. The van der Waals surface area contributed by atoms with Crippen LogP contribution in [0.2, 0.25) is 0 Å².